The van der Waals surface area contributed by atoms with Gasteiger partial charge in [-0.1, -0.05) is 0 Å². The summed E-state index contributed by atoms with van der Waals surface area (Å²) in [6, 6.07) is 1.76. The molecule has 19 heavy (non-hydrogen) atoms. The van der Waals surface area contributed by atoms with Crippen molar-refractivity contribution in [1.29, 1.82) is 0 Å². The number of pyridine rings is 1. The lowest BCUT2D eigenvalue weighted by atomic mass is 10.1. The number of rotatable bonds is 6. The highest BCUT2D eigenvalue weighted by atomic mass is 79.9. The standard InChI is InChI=1S/C11H11BrN2O5/c12-6-1-2-7(13-5-6)10(17)14-8(11(18)19)3-4-9(15)16/h1-2,5,8H,3-4H2,(H,14,17)(H,15,16)(H,18,19)/t8-/m0/s1. The van der Waals surface area contributed by atoms with E-state index in [1.54, 1.807) is 6.07 Å². The first-order valence-electron chi connectivity index (χ1n) is 5.27. The number of carboxylic acids is 2. The molecule has 1 amide bonds. The van der Waals surface area contributed by atoms with Crippen molar-refractivity contribution >= 4 is 33.8 Å². The van der Waals surface area contributed by atoms with Crippen molar-refractivity contribution in [3.8, 4) is 0 Å². The lowest BCUT2D eigenvalue weighted by Crippen LogP contribution is -2.41. The number of halogens is 1. The molecule has 7 nitrogen and oxygen atoms in total. The molecule has 1 rings (SSSR count). The molecule has 1 aromatic rings. The van der Waals surface area contributed by atoms with Crippen LogP contribution in [-0.4, -0.2) is 39.1 Å². The van der Waals surface area contributed by atoms with Crippen LogP contribution in [0.2, 0.25) is 0 Å². The Balaban J connectivity index is 2.68. The molecule has 0 aromatic carbocycles. The monoisotopic (exact) mass is 330 g/mol. The smallest absolute Gasteiger partial charge is 0.326 e. The van der Waals surface area contributed by atoms with Crippen LogP contribution in [-0.2, 0) is 9.59 Å². The number of amides is 1. The molecule has 0 fully saturated rings. The van der Waals surface area contributed by atoms with Gasteiger partial charge in [-0.2, -0.15) is 0 Å². The molecule has 0 saturated heterocycles. The first-order valence-corrected chi connectivity index (χ1v) is 6.06. The molecule has 1 heterocycles. The van der Waals surface area contributed by atoms with Crippen molar-refractivity contribution in [3.63, 3.8) is 0 Å². The van der Waals surface area contributed by atoms with Gasteiger partial charge in [0.15, 0.2) is 0 Å². The van der Waals surface area contributed by atoms with Crippen molar-refractivity contribution in [3.05, 3.63) is 28.5 Å². The molecule has 0 saturated carbocycles. The molecular weight excluding hydrogens is 320 g/mol. The SMILES string of the molecule is O=C(O)CC[C@H](NC(=O)c1ccc(Br)cn1)C(=O)O. The van der Waals surface area contributed by atoms with Crippen LogP contribution >= 0.6 is 15.9 Å². The topological polar surface area (TPSA) is 117 Å². The van der Waals surface area contributed by atoms with Gasteiger partial charge in [0, 0.05) is 17.1 Å². The van der Waals surface area contributed by atoms with Crippen molar-refractivity contribution in [2.45, 2.75) is 18.9 Å². The third-order valence-electron chi connectivity index (χ3n) is 2.21. The van der Waals surface area contributed by atoms with Gasteiger partial charge in [-0.15, -0.1) is 0 Å². The minimum atomic E-state index is -1.29. The minimum absolute atomic E-state index is 0.0600. The highest BCUT2D eigenvalue weighted by Crippen LogP contribution is 2.08. The van der Waals surface area contributed by atoms with Crippen LogP contribution in [0.25, 0.3) is 0 Å². The predicted octanol–water partition coefficient (Wildman–Crippen LogP) is 0.892. The van der Waals surface area contributed by atoms with E-state index in [0.29, 0.717) is 4.47 Å². The van der Waals surface area contributed by atoms with E-state index < -0.39 is 23.9 Å². The van der Waals surface area contributed by atoms with Gasteiger partial charge in [0.05, 0.1) is 0 Å². The number of carbonyl (C=O) groups excluding carboxylic acids is 1. The van der Waals surface area contributed by atoms with Crippen LogP contribution in [0.1, 0.15) is 23.3 Å². The van der Waals surface area contributed by atoms with Crippen LogP contribution < -0.4 is 5.32 Å². The van der Waals surface area contributed by atoms with E-state index in [1.165, 1.54) is 12.3 Å². The second-order valence-corrected chi connectivity index (χ2v) is 4.57. The lowest BCUT2D eigenvalue weighted by molar-refractivity contribution is -0.140. The van der Waals surface area contributed by atoms with Crippen molar-refractivity contribution in [1.82, 2.24) is 10.3 Å². The lowest BCUT2D eigenvalue weighted by Gasteiger charge is -2.13. The van der Waals surface area contributed by atoms with Crippen molar-refractivity contribution < 1.29 is 24.6 Å². The first kappa shape index (κ1) is 15.1. The third kappa shape index (κ3) is 5.04. The van der Waals surface area contributed by atoms with E-state index >= 15 is 0 Å². The average Bonchev–Trinajstić information content (AvgIpc) is 2.34. The molecule has 1 atom stereocenters. The summed E-state index contributed by atoms with van der Waals surface area (Å²) in [5.74, 6) is -3.07. The summed E-state index contributed by atoms with van der Waals surface area (Å²) in [6.45, 7) is 0. The maximum absolute atomic E-state index is 11.7. The molecular formula is C11H11BrN2O5. The molecule has 0 aliphatic carbocycles. The van der Waals surface area contributed by atoms with Crippen molar-refractivity contribution in [2.24, 2.45) is 0 Å². The summed E-state index contributed by atoms with van der Waals surface area (Å²) < 4.78 is 0.685. The quantitative estimate of drug-likeness (QED) is 0.713. The fourth-order valence-corrected chi connectivity index (χ4v) is 1.50. The van der Waals surface area contributed by atoms with E-state index in [9.17, 15) is 14.4 Å². The van der Waals surface area contributed by atoms with Gasteiger partial charge in [0.25, 0.3) is 5.91 Å². The maximum Gasteiger partial charge on any atom is 0.326 e. The molecule has 8 heteroatoms. The number of carboxylic acid groups (broad SMARTS) is 2. The number of hydrogen-bond donors (Lipinski definition) is 3. The van der Waals surface area contributed by atoms with Crippen LogP contribution in [0.4, 0.5) is 0 Å². The Hall–Kier alpha value is -1.96. The Morgan fingerprint density at radius 2 is 2.00 bits per heavy atom. The van der Waals surface area contributed by atoms with Gasteiger partial charge in [-0.3, -0.25) is 9.59 Å². The summed E-state index contributed by atoms with van der Waals surface area (Å²) in [5, 5.41) is 19.6. The molecule has 0 spiro atoms. The highest BCUT2D eigenvalue weighted by molar-refractivity contribution is 9.10. The molecule has 1 aromatic heterocycles. The summed E-state index contributed by atoms with van der Waals surface area (Å²) in [5.41, 5.74) is 0.0600. The molecule has 0 aliphatic heterocycles. The highest BCUT2D eigenvalue weighted by Gasteiger charge is 2.21. The third-order valence-corrected chi connectivity index (χ3v) is 2.68. The fraction of sp³-hybridized carbons (Fsp3) is 0.273. The largest absolute Gasteiger partial charge is 0.481 e. The summed E-state index contributed by atoms with van der Waals surface area (Å²) in [7, 11) is 0. The van der Waals surface area contributed by atoms with Crippen LogP contribution in [0.3, 0.4) is 0 Å². The zero-order chi connectivity index (χ0) is 14.4. The van der Waals surface area contributed by atoms with Crippen molar-refractivity contribution in [2.75, 3.05) is 0 Å². The van der Waals surface area contributed by atoms with Gasteiger partial charge >= 0.3 is 11.9 Å². The average molecular weight is 331 g/mol. The zero-order valence-corrected chi connectivity index (χ0v) is 11.3. The van der Waals surface area contributed by atoms with Gasteiger partial charge in [0.2, 0.25) is 0 Å². The Bertz CT molecular complexity index is 488. The first-order chi connectivity index (χ1) is 8.90. The second-order valence-electron chi connectivity index (χ2n) is 3.66. The normalized spacial score (nSPS) is 11.6. The van der Waals surface area contributed by atoms with Crippen LogP contribution in [0.5, 0.6) is 0 Å². The van der Waals surface area contributed by atoms with Gasteiger partial charge in [-0.05, 0) is 34.5 Å². The number of nitrogens with zero attached hydrogens (tertiary/aromatic N) is 1. The number of carbonyl (C=O) groups is 3. The Morgan fingerprint density at radius 3 is 2.47 bits per heavy atom. The number of hydrogen-bond acceptors (Lipinski definition) is 4. The van der Waals surface area contributed by atoms with Gasteiger partial charge < -0.3 is 15.5 Å². The molecule has 0 bridgehead atoms. The van der Waals surface area contributed by atoms with Gasteiger partial charge in [0.1, 0.15) is 11.7 Å². The second kappa shape index (κ2) is 6.83. The van der Waals surface area contributed by atoms with Gasteiger partial charge in [-0.25, -0.2) is 9.78 Å². The number of aromatic nitrogens is 1. The molecule has 0 unspecified atom stereocenters. The predicted molar refractivity (Wildman–Crippen MR) is 67.7 cm³/mol. The maximum atomic E-state index is 11.7. The van der Waals surface area contributed by atoms with E-state index in [4.69, 9.17) is 10.2 Å². The molecule has 0 radical (unpaired) electrons. The Labute approximate surface area is 116 Å². The van der Waals surface area contributed by atoms with E-state index in [-0.39, 0.29) is 18.5 Å². The number of nitrogens with one attached hydrogen (secondary N) is 1. The van der Waals surface area contributed by atoms with Crippen LogP contribution in [0.15, 0.2) is 22.8 Å². The summed E-state index contributed by atoms with van der Waals surface area (Å²) in [4.78, 5) is 36.8. The minimum Gasteiger partial charge on any atom is -0.481 e. The summed E-state index contributed by atoms with van der Waals surface area (Å²) in [6.07, 6.45) is 0.875. The molecule has 102 valence electrons. The number of aliphatic carboxylic acids is 2. The fourth-order valence-electron chi connectivity index (χ4n) is 1.27. The van der Waals surface area contributed by atoms with E-state index in [2.05, 4.69) is 26.2 Å². The Morgan fingerprint density at radius 1 is 1.32 bits per heavy atom. The molecule has 0 aliphatic rings. The Kier molecular flexibility index (Phi) is 5.43. The summed E-state index contributed by atoms with van der Waals surface area (Å²) >= 11 is 3.16. The molecule has 3 N–H and O–H groups in total. The van der Waals surface area contributed by atoms with E-state index in [1.807, 2.05) is 0 Å². The zero-order valence-electron chi connectivity index (χ0n) is 9.67. The van der Waals surface area contributed by atoms with Crippen LogP contribution in [0, 0.1) is 0 Å². The van der Waals surface area contributed by atoms with E-state index in [0.717, 1.165) is 0 Å².